The van der Waals surface area contributed by atoms with Crippen molar-refractivity contribution in [3.63, 3.8) is 0 Å². The first-order valence-corrected chi connectivity index (χ1v) is 5.64. The van der Waals surface area contributed by atoms with E-state index in [1.165, 1.54) is 6.07 Å². The fraction of sp³-hybridized carbons (Fsp3) is 0.462. The Balaban J connectivity index is 2.59. The van der Waals surface area contributed by atoms with Crippen LogP contribution in [0.3, 0.4) is 0 Å². The van der Waals surface area contributed by atoms with Crippen molar-refractivity contribution in [3.05, 3.63) is 35.6 Å². The Morgan fingerprint density at radius 1 is 1.47 bits per heavy atom. The van der Waals surface area contributed by atoms with Crippen molar-refractivity contribution in [2.45, 2.75) is 38.8 Å². The number of nitrogens with one attached hydrogen (secondary N) is 1. The van der Waals surface area contributed by atoms with E-state index in [1.807, 2.05) is 6.92 Å². The van der Waals surface area contributed by atoms with Crippen molar-refractivity contribution in [2.75, 3.05) is 0 Å². The molecule has 1 atom stereocenters. The Kier molecular flexibility index (Phi) is 4.23. The van der Waals surface area contributed by atoms with Gasteiger partial charge in [0.25, 0.3) is 0 Å². The lowest BCUT2D eigenvalue weighted by Gasteiger charge is -2.22. The van der Waals surface area contributed by atoms with E-state index in [9.17, 15) is 9.18 Å². The van der Waals surface area contributed by atoms with Gasteiger partial charge in [0, 0.05) is 6.04 Å². The largest absolute Gasteiger partial charge is 0.352 e. The zero-order valence-corrected chi connectivity index (χ0v) is 10.5. The Labute approximate surface area is 101 Å². The normalized spacial score (nSPS) is 13.2. The highest BCUT2D eigenvalue weighted by Gasteiger charge is 2.23. The summed E-state index contributed by atoms with van der Waals surface area (Å²) in [6, 6.07) is 6.40. The predicted octanol–water partition coefficient (Wildman–Crippen LogP) is 1.61. The van der Waals surface area contributed by atoms with Crippen molar-refractivity contribution >= 4 is 5.91 Å². The second kappa shape index (κ2) is 5.27. The molecule has 1 amide bonds. The van der Waals surface area contributed by atoms with Gasteiger partial charge in [-0.1, -0.05) is 18.2 Å². The minimum absolute atomic E-state index is 0.151. The Bertz CT molecular complexity index is 399. The third-order valence-electron chi connectivity index (χ3n) is 2.45. The molecule has 0 aliphatic carbocycles. The van der Waals surface area contributed by atoms with Gasteiger partial charge in [-0.3, -0.25) is 4.79 Å². The molecule has 0 aliphatic heterocycles. The maximum Gasteiger partial charge on any atom is 0.239 e. The minimum Gasteiger partial charge on any atom is -0.352 e. The first-order chi connectivity index (χ1) is 7.80. The maximum absolute atomic E-state index is 13.4. The monoisotopic (exact) mass is 238 g/mol. The average molecular weight is 238 g/mol. The first-order valence-electron chi connectivity index (χ1n) is 5.64. The van der Waals surface area contributed by atoms with Crippen LogP contribution in [0.2, 0.25) is 0 Å². The van der Waals surface area contributed by atoms with E-state index in [0.717, 1.165) is 0 Å². The van der Waals surface area contributed by atoms with Crippen LogP contribution in [0.15, 0.2) is 24.3 Å². The van der Waals surface area contributed by atoms with Crippen molar-refractivity contribution in [3.8, 4) is 0 Å². The molecular weight excluding hydrogens is 219 g/mol. The fourth-order valence-corrected chi connectivity index (χ4v) is 1.45. The maximum atomic E-state index is 13.4. The summed E-state index contributed by atoms with van der Waals surface area (Å²) in [4.78, 5) is 11.6. The molecule has 3 N–H and O–H groups in total. The van der Waals surface area contributed by atoms with E-state index >= 15 is 0 Å². The van der Waals surface area contributed by atoms with E-state index < -0.39 is 5.54 Å². The summed E-state index contributed by atoms with van der Waals surface area (Å²) in [5.74, 6) is -0.484. The Morgan fingerprint density at radius 3 is 2.59 bits per heavy atom. The summed E-state index contributed by atoms with van der Waals surface area (Å²) in [6.07, 6.45) is 0.453. The molecule has 1 unspecified atom stereocenters. The second-order valence-corrected chi connectivity index (χ2v) is 4.89. The molecule has 0 fully saturated rings. The number of amides is 1. The van der Waals surface area contributed by atoms with Gasteiger partial charge in [-0.2, -0.15) is 0 Å². The van der Waals surface area contributed by atoms with Crippen LogP contribution in [-0.2, 0) is 11.2 Å². The van der Waals surface area contributed by atoms with E-state index in [0.29, 0.717) is 12.0 Å². The fourth-order valence-electron chi connectivity index (χ4n) is 1.45. The summed E-state index contributed by atoms with van der Waals surface area (Å²) in [6.45, 7) is 5.10. The van der Waals surface area contributed by atoms with Gasteiger partial charge in [-0.05, 0) is 38.8 Å². The third kappa shape index (κ3) is 4.15. The number of carbonyl (C=O) groups is 1. The van der Waals surface area contributed by atoms with Crippen LogP contribution < -0.4 is 11.1 Å². The second-order valence-electron chi connectivity index (χ2n) is 4.89. The van der Waals surface area contributed by atoms with Gasteiger partial charge < -0.3 is 11.1 Å². The predicted molar refractivity (Wildman–Crippen MR) is 66.0 cm³/mol. The van der Waals surface area contributed by atoms with Crippen LogP contribution in [-0.4, -0.2) is 17.5 Å². The standard InChI is InChI=1S/C13H19FN2O/c1-9(16-12(17)13(2,3)15)8-10-6-4-5-7-11(10)14/h4-7,9H,8,15H2,1-3H3,(H,16,17). The SMILES string of the molecule is CC(Cc1ccccc1F)NC(=O)C(C)(C)N. The topological polar surface area (TPSA) is 55.1 Å². The van der Waals surface area contributed by atoms with Crippen LogP contribution in [0.25, 0.3) is 0 Å². The van der Waals surface area contributed by atoms with E-state index in [4.69, 9.17) is 5.73 Å². The summed E-state index contributed by atoms with van der Waals surface area (Å²) >= 11 is 0. The first kappa shape index (κ1) is 13.6. The molecule has 1 rings (SSSR count). The Hall–Kier alpha value is -1.42. The highest BCUT2D eigenvalue weighted by atomic mass is 19.1. The number of hydrogen-bond acceptors (Lipinski definition) is 2. The molecule has 0 aliphatic rings. The van der Waals surface area contributed by atoms with Crippen LogP contribution in [0.1, 0.15) is 26.3 Å². The molecule has 0 radical (unpaired) electrons. The van der Waals surface area contributed by atoms with Crippen molar-refractivity contribution in [1.29, 1.82) is 0 Å². The molecule has 0 aromatic heterocycles. The summed E-state index contributed by atoms with van der Waals surface area (Å²) in [5, 5.41) is 2.76. The van der Waals surface area contributed by atoms with Gasteiger partial charge >= 0.3 is 0 Å². The van der Waals surface area contributed by atoms with Gasteiger partial charge in [0.2, 0.25) is 5.91 Å². The van der Waals surface area contributed by atoms with Gasteiger partial charge in [0.1, 0.15) is 5.82 Å². The van der Waals surface area contributed by atoms with Crippen LogP contribution in [0, 0.1) is 5.82 Å². The number of benzene rings is 1. The quantitative estimate of drug-likeness (QED) is 0.837. The molecule has 0 spiro atoms. The van der Waals surface area contributed by atoms with E-state index in [2.05, 4.69) is 5.32 Å². The zero-order valence-electron chi connectivity index (χ0n) is 10.5. The molecule has 1 aromatic carbocycles. The molecule has 0 saturated carbocycles. The summed E-state index contributed by atoms with van der Waals surface area (Å²) < 4.78 is 13.4. The smallest absolute Gasteiger partial charge is 0.239 e. The lowest BCUT2D eigenvalue weighted by Crippen LogP contribution is -2.51. The van der Waals surface area contributed by atoms with Crippen molar-refractivity contribution in [2.24, 2.45) is 5.73 Å². The highest BCUT2D eigenvalue weighted by molar-refractivity contribution is 5.85. The Morgan fingerprint density at radius 2 is 2.06 bits per heavy atom. The summed E-state index contributed by atoms with van der Waals surface area (Å²) in [7, 11) is 0. The molecule has 1 aromatic rings. The molecule has 17 heavy (non-hydrogen) atoms. The number of halogens is 1. The highest BCUT2D eigenvalue weighted by Crippen LogP contribution is 2.09. The number of carbonyl (C=O) groups excluding carboxylic acids is 1. The number of rotatable bonds is 4. The molecule has 3 nitrogen and oxygen atoms in total. The van der Waals surface area contributed by atoms with Gasteiger partial charge in [-0.15, -0.1) is 0 Å². The number of hydrogen-bond donors (Lipinski definition) is 2. The zero-order chi connectivity index (χ0) is 13.1. The number of nitrogens with two attached hydrogens (primary N) is 1. The third-order valence-corrected chi connectivity index (χ3v) is 2.45. The van der Waals surface area contributed by atoms with Gasteiger partial charge in [0.15, 0.2) is 0 Å². The van der Waals surface area contributed by atoms with Gasteiger partial charge in [0.05, 0.1) is 5.54 Å². The molecule has 94 valence electrons. The lowest BCUT2D eigenvalue weighted by molar-refractivity contribution is -0.125. The molecule has 0 heterocycles. The lowest BCUT2D eigenvalue weighted by atomic mass is 10.0. The molecular formula is C13H19FN2O. The molecule has 4 heteroatoms. The van der Waals surface area contributed by atoms with E-state index in [-0.39, 0.29) is 17.8 Å². The van der Waals surface area contributed by atoms with Crippen LogP contribution in [0.4, 0.5) is 4.39 Å². The van der Waals surface area contributed by atoms with Crippen LogP contribution in [0.5, 0.6) is 0 Å². The average Bonchev–Trinajstić information content (AvgIpc) is 2.20. The van der Waals surface area contributed by atoms with Crippen LogP contribution >= 0.6 is 0 Å². The van der Waals surface area contributed by atoms with Crippen molar-refractivity contribution in [1.82, 2.24) is 5.32 Å². The van der Waals surface area contributed by atoms with Gasteiger partial charge in [-0.25, -0.2) is 4.39 Å². The van der Waals surface area contributed by atoms with Crippen molar-refractivity contribution < 1.29 is 9.18 Å². The summed E-state index contributed by atoms with van der Waals surface area (Å²) in [5.41, 5.74) is 5.34. The molecule has 0 bridgehead atoms. The minimum atomic E-state index is -0.913. The van der Waals surface area contributed by atoms with E-state index in [1.54, 1.807) is 32.0 Å². The molecule has 0 saturated heterocycles.